The highest BCUT2D eigenvalue weighted by atomic mass is 32.2. The Labute approximate surface area is 113 Å². The van der Waals surface area contributed by atoms with Crippen molar-refractivity contribution in [2.45, 2.75) is 44.6 Å². The van der Waals surface area contributed by atoms with Crippen molar-refractivity contribution in [3.8, 4) is 6.07 Å². The van der Waals surface area contributed by atoms with Crippen LogP contribution >= 0.6 is 0 Å². The third-order valence-corrected chi connectivity index (χ3v) is 4.50. The first-order valence-electron chi connectivity index (χ1n) is 6.00. The van der Waals surface area contributed by atoms with E-state index >= 15 is 0 Å². The van der Waals surface area contributed by atoms with Gasteiger partial charge in [-0.3, -0.25) is 0 Å². The van der Waals surface area contributed by atoms with E-state index < -0.39 is 21.9 Å². The third-order valence-electron chi connectivity index (χ3n) is 2.72. The van der Waals surface area contributed by atoms with Crippen LogP contribution in [-0.4, -0.2) is 14.5 Å². The molecule has 0 aliphatic rings. The van der Waals surface area contributed by atoms with E-state index in [1.54, 1.807) is 0 Å². The summed E-state index contributed by atoms with van der Waals surface area (Å²) in [6, 6.07) is 3.49. The number of rotatable bonds is 5. The zero-order valence-corrected chi connectivity index (χ0v) is 12.0. The third kappa shape index (κ3) is 3.75. The van der Waals surface area contributed by atoms with Crippen molar-refractivity contribution in [1.82, 2.24) is 4.72 Å². The van der Waals surface area contributed by atoms with Gasteiger partial charge in [-0.1, -0.05) is 13.3 Å². The molecule has 104 valence electrons. The summed E-state index contributed by atoms with van der Waals surface area (Å²) in [5.74, 6) is -0.473. The van der Waals surface area contributed by atoms with Crippen LogP contribution in [0.4, 0.5) is 4.39 Å². The average molecular weight is 284 g/mol. The van der Waals surface area contributed by atoms with Gasteiger partial charge in [0.1, 0.15) is 11.9 Å². The van der Waals surface area contributed by atoms with E-state index in [0.717, 1.165) is 0 Å². The molecule has 0 heterocycles. The largest absolute Gasteiger partial charge is 0.242 e. The number of nitriles is 1. The fourth-order valence-corrected chi connectivity index (χ4v) is 3.63. The zero-order chi connectivity index (χ0) is 14.6. The minimum atomic E-state index is -3.81. The van der Waals surface area contributed by atoms with Gasteiger partial charge in [-0.25, -0.2) is 12.8 Å². The summed E-state index contributed by atoms with van der Waals surface area (Å²) >= 11 is 0. The maximum absolute atomic E-state index is 13.2. The number of halogens is 1. The van der Waals surface area contributed by atoms with Gasteiger partial charge in [0, 0.05) is 0 Å². The lowest BCUT2D eigenvalue weighted by Crippen LogP contribution is -2.34. The average Bonchev–Trinajstić information content (AvgIpc) is 2.25. The molecular formula is C13H17FN2O2S. The minimum Gasteiger partial charge on any atom is -0.207 e. The van der Waals surface area contributed by atoms with E-state index in [-0.39, 0.29) is 4.90 Å². The first kappa shape index (κ1) is 15.6. The molecule has 1 rings (SSSR count). The van der Waals surface area contributed by atoms with Gasteiger partial charge in [0.05, 0.1) is 11.0 Å². The van der Waals surface area contributed by atoms with Crippen LogP contribution in [0.25, 0.3) is 0 Å². The van der Waals surface area contributed by atoms with Crippen molar-refractivity contribution in [3.05, 3.63) is 29.1 Å². The van der Waals surface area contributed by atoms with E-state index in [4.69, 9.17) is 5.26 Å². The van der Waals surface area contributed by atoms with E-state index in [2.05, 4.69) is 4.72 Å². The zero-order valence-electron chi connectivity index (χ0n) is 11.2. The van der Waals surface area contributed by atoms with Crippen LogP contribution in [0.5, 0.6) is 0 Å². The number of nitrogens with one attached hydrogen (secondary N) is 1. The van der Waals surface area contributed by atoms with Crippen LogP contribution in [0.2, 0.25) is 0 Å². The molecule has 6 heteroatoms. The highest BCUT2D eigenvalue weighted by Gasteiger charge is 2.23. The second kappa shape index (κ2) is 6.13. The smallest absolute Gasteiger partial charge is 0.207 e. The summed E-state index contributed by atoms with van der Waals surface area (Å²) in [6.07, 6.45) is 1.14. The van der Waals surface area contributed by atoms with E-state index in [1.807, 2.05) is 13.0 Å². The molecular weight excluding hydrogens is 267 g/mol. The predicted octanol–water partition coefficient (Wildman–Crippen LogP) is 2.41. The number of benzene rings is 1. The molecule has 0 aliphatic carbocycles. The summed E-state index contributed by atoms with van der Waals surface area (Å²) in [5, 5.41) is 8.91. The van der Waals surface area contributed by atoms with Crippen LogP contribution in [0, 0.1) is 31.0 Å². The van der Waals surface area contributed by atoms with Gasteiger partial charge < -0.3 is 0 Å². The van der Waals surface area contributed by atoms with Gasteiger partial charge in [-0.15, -0.1) is 0 Å². The van der Waals surface area contributed by atoms with Gasteiger partial charge in [-0.05, 0) is 43.5 Å². The van der Waals surface area contributed by atoms with Gasteiger partial charge >= 0.3 is 0 Å². The molecule has 1 unspecified atom stereocenters. The molecule has 1 N–H and O–H groups in total. The SMILES string of the molecule is CCCC(C#N)NS(=O)(=O)c1c(C)cc(F)cc1C. The van der Waals surface area contributed by atoms with Crippen molar-refractivity contribution in [2.75, 3.05) is 0 Å². The normalized spacial score (nSPS) is 13.0. The van der Waals surface area contributed by atoms with Crippen molar-refractivity contribution in [3.63, 3.8) is 0 Å². The summed E-state index contributed by atoms with van der Waals surface area (Å²) in [6.45, 7) is 4.94. The molecule has 1 atom stereocenters. The Bertz CT molecular complexity index is 583. The Balaban J connectivity index is 3.18. The van der Waals surface area contributed by atoms with Crippen molar-refractivity contribution in [1.29, 1.82) is 5.26 Å². The lowest BCUT2D eigenvalue weighted by molar-refractivity contribution is 0.561. The topological polar surface area (TPSA) is 70.0 Å². The Morgan fingerprint density at radius 1 is 1.37 bits per heavy atom. The Hall–Kier alpha value is -1.45. The Morgan fingerprint density at radius 2 is 1.89 bits per heavy atom. The van der Waals surface area contributed by atoms with Crippen LogP contribution in [0.3, 0.4) is 0 Å². The fourth-order valence-electron chi connectivity index (χ4n) is 2.01. The van der Waals surface area contributed by atoms with E-state index in [9.17, 15) is 12.8 Å². The molecule has 0 saturated heterocycles. The molecule has 0 bridgehead atoms. The van der Waals surface area contributed by atoms with Crippen molar-refractivity contribution < 1.29 is 12.8 Å². The maximum atomic E-state index is 13.2. The van der Waals surface area contributed by atoms with Gasteiger partial charge in [0.25, 0.3) is 0 Å². The summed E-state index contributed by atoms with van der Waals surface area (Å²) in [5.41, 5.74) is 0.663. The van der Waals surface area contributed by atoms with Crippen molar-refractivity contribution in [2.24, 2.45) is 0 Å². The molecule has 4 nitrogen and oxygen atoms in total. The first-order valence-corrected chi connectivity index (χ1v) is 7.48. The molecule has 0 radical (unpaired) electrons. The second-order valence-electron chi connectivity index (χ2n) is 4.46. The van der Waals surface area contributed by atoms with Crippen molar-refractivity contribution >= 4 is 10.0 Å². The summed E-state index contributed by atoms with van der Waals surface area (Å²) in [4.78, 5) is 0.0465. The van der Waals surface area contributed by atoms with Crippen LogP contribution in [0.15, 0.2) is 17.0 Å². The maximum Gasteiger partial charge on any atom is 0.242 e. The molecule has 0 aliphatic heterocycles. The lowest BCUT2D eigenvalue weighted by Gasteiger charge is -2.15. The molecule has 0 aromatic heterocycles. The first-order chi connectivity index (χ1) is 8.81. The molecule has 0 amide bonds. The lowest BCUT2D eigenvalue weighted by atomic mass is 10.1. The summed E-state index contributed by atoms with van der Waals surface area (Å²) in [7, 11) is -3.81. The van der Waals surface area contributed by atoms with E-state index in [1.165, 1.54) is 26.0 Å². The number of nitrogens with zero attached hydrogens (tertiary/aromatic N) is 1. The molecule has 0 spiro atoms. The van der Waals surface area contributed by atoms with Gasteiger partial charge in [-0.2, -0.15) is 9.98 Å². The van der Waals surface area contributed by atoms with Crippen LogP contribution in [-0.2, 0) is 10.0 Å². The minimum absolute atomic E-state index is 0.0465. The quantitative estimate of drug-likeness (QED) is 0.902. The highest BCUT2D eigenvalue weighted by molar-refractivity contribution is 7.89. The number of hydrogen-bond donors (Lipinski definition) is 1. The fraction of sp³-hybridized carbons (Fsp3) is 0.462. The summed E-state index contributed by atoms with van der Waals surface area (Å²) < 4.78 is 40.0. The van der Waals surface area contributed by atoms with Gasteiger partial charge in [0.15, 0.2) is 0 Å². The predicted molar refractivity (Wildman–Crippen MR) is 70.5 cm³/mol. The monoisotopic (exact) mass is 284 g/mol. The molecule has 1 aromatic carbocycles. The van der Waals surface area contributed by atoms with Crippen LogP contribution < -0.4 is 4.72 Å². The number of aryl methyl sites for hydroxylation is 2. The van der Waals surface area contributed by atoms with Gasteiger partial charge in [0.2, 0.25) is 10.0 Å². The Morgan fingerprint density at radius 3 is 2.32 bits per heavy atom. The standard InChI is InChI=1S/C13H17FN2O2S/c1-4-5-12(8-15)16-19(17,18)13-9(2)6-11(14)7-10(13)3/h6-7,12,16H,4-5H2,1-3H3. The van der Waals surface area contributed by atoms with Crippen LogP contribution in [0.1, 0.15) is 30.9 Å². The highest BCUT2D eigenvalue weighted by Crippen LogP contribution is 2.21. The molecule has 0 saturated carbocycles. The number of sulfonamides is 1. The molecule has 1 aromatic rings. The Kier molecular flexibility index (Phi) is 5.04. The molecule has 19 heavy (non-hydrogen) atoms. The second-order valence-corrected chi connectivity index (χ2v) is 6.11. The molecule has 0 fully saturated rings. The number of hydrogen-bond acceptors (Lipinski definition) is 3. The van der Waals surface area contributed by atoms with E-state index in [0.29, 0.717) is 24.0 Å².